The number of pyridine rings is 1. The fourth-order valence-electron chi connectivity index (χ4n) is 4.35. The Balaban J connectivity index is 1.43. The number of halogens is 1. The Morgan fingerprint density at radius 1 is 1.15 bits per heavy atom. The summed E-state index contributed by atoms with van der Waals surface area (Å²) in [5.41, 5.74) is 3.22. The van der Waals surface area contributed by atoms with Gasteiger partial charge in [0, 0.05) is 36.5 Å². The van der Waals surface area contributed by atoms with Crippen molar-refractivity contribution in [1.29, 1.82) is 0 Å². The lowest BCUT2D eigenvalue weighted by atomic mass is 10.1. The third kappa shape index (κ3) is 4.37. The van der Waals surface area contributed by atoms with E-state index in [1.54, 1.807) is 24.4 Å². The van der Waals surface area contributed by atoms with E-state index in [4.69, 9.17) is 4.74 Å². The second-order valence-corrected chi connectivity index (χ2v) is 8.44. The normalized spacial score (nSPS) is 18.2. The molecule has 0 unspecified atom stereocenters. The van der Waals surface area contributed by atoms with Gasteiger partial charge in [-0.1, -0.05) is 36.4 Å². The predicted molar refractivity (Wildman–Crippen MR) is 126 cm³/mol. The second-order valence-electron chi connectivity index (χ2n) is 8.44. The van der Waals surface area contributed by atoms with Crippen LogP contribution in [0.3, 0.4) is 0 Å². The van der Waals surface area contributed by atoms with E-state index in [0.29, 0.717) is 25.1 Å². The number of H-pyrrole nitrogens is 1. The number of fused-ring (bicyclic) bond motifs is 1. The van der Waals surface area contributed by atoms with E-state index >= 15 is 0 Å². The molecular weight excluding hydrogens is 437 g/mol. The summed E-state index contributed by atoms with van der Waals surface area (Å²) in [5.74, 6) is -0.902. The molecule has 0 saturated carbocycles. The maximum Gasteiger partial charge on any atom is 0.253 e. The lowest BCUT2D eigenvalue weighted by molar-refractivity contribution is -0.0260. The van der Waals surface area contributed by atoms with Crippen molar-refractivity contribution < 1.29 is 19.0 Å². The van der Waals surface area contributed by atoms with Crippen molar-refractivity contribution in [3.05, 3.63) is 94.2 Å². The zero-order valence-electron chi connectivity index (χ0n) is 18.3. The summed E-state index contributed by atoms with van der Waals surface area (Å²) in [6, 6.07) is 17.0. The van der Waals surface area contributed by atoms with E-state index in [0.717, 1.165) is 16.8 Å². The summed E-state index contributed by atoms with van der Waals surface area (Å²) in [6.07, 6.45) is 1.35. The Hall–Kier alpha value is -3.75. The molecule has 1 aliphatic heterocycles. The molecule has 2 atom stereocenters. The molecule has 2 aromatic carbocycles. The maximum atomic E-state index is 14.8. The molecule has 1 aliphatic rings. The van der Waals surface area contributed by atoms with Crippen LogP contribution in [0.25, 0.3) is 22.2 Å². The minimum Gasteiger partial charge on any atom is -0.389 e. The SMILES string of the molecule is O=C(N[C@H]1CCOC[C@@H]1O)c1cn(Cc2ccc(-c3cccc(=O)[nH]3)cc2)c2cccc(F)c12. The molecule has 0 aliphatic carbocycles. The topological polar surface area (TPSA) is 96.3 Å². The Kier molecular flexibility index (Phi) is 6.00. The van der Waals surface area contributed by atoms with Crippen molar-refractivity contribution in [1.82, 2.24) is 14.9 Å². The van der Waals surface area contributed by atoms with E-state index in [1.165, 1.54) is 12.1 Å². The number of nitrogens with one attached hydrogen (secondary N) is 2. The highest BCUT2D eigenvalue weighted by atomic mass is 19.1. The Labute approximate surface area is 194 Å². The first-order valence-electron chi connectivity index (χ1n) is 11.1. The van der Waals surface area contributed by atoms with Crippen LogP contribution in [-0.2, 0) is 11.3 Å². The molecule has 4 aromatic rings. The minimum absolute atomic E-state index is 0.161. The molecule has 0 bridgehead atoms. The second kappa shape index (κ2) is 9.24. The minimum atomic E-state index is -0.797. The van der Waals surface area contributed by atoms with Gasteiger partial charge in [0.15, 0.2) is 0 Å². The summed E-state index contributed by atoms with van der Waals surface area (Å²) in [7, 11) is 0. The Bertz CT molecular complexity index is 1390. The molecule has 7 nitrogen and oxygen atoms in total. The third-order valence-electron chi connectivity index (χ3n) is 6.13. The lowest BCUT2D eigenvalue weighted by Gasteiger charge is -2.28. The Morgan fingerprint density at radius 3 is 2.71 bits per heavy atom. The zero-order valence-corrected chi connectivity index (χ0v) is 18.3. The quantitative estimate of drug-likeness (QED) is 0.426. The van der Waals surface area contributed by atoms with Crippen molar-refractivity contribution >= 4 is 16.8 Å². The van der Waals surface area contributed by atoms with Gasteiger partial charge in [0.2, 0.25) is 5.56 Å². The number of aliphatic hydroxyl groups is 1. The van der Waals surface area contributed by atoms with Gasteiger partial charge >= 0.3 is 0 Å². The van der Waals surface area contributed by atoms with E-state index < -0.39 is 23.9 Å². The van der Waals surface area contributed by atoms with E-state index in [2.05, 4.69) is 10.3 Å². The van der Waals surface area contributed by atoms with Crippen LogP contribution in [0.2, 0.25) is 0 Å². The number of hydrogen-bond acceptors (Lipinski definition) is 4. The summed E-state index contributed by atoms with van der Waals surface area (Å²) < 4.78 is 21.9. The molecule has 174 valence electrons. The molecule has 1 amide bonds. The molecular formula is C26H24FN3O4. The van der Waals surface area contributed by atoms with Gasteiger partial charge in [-0.2, -0.15) is 0 Å². The summed E-state index contributed by atoms with van der Waals surface area (Å²) >= 11 is 0. The number of hydrogen-bond donors (Lipinski definition) is 3. The monoisotopic (exact) mass is 461 g/mol. The van der Waals surface area contributed by atoms with Crippen molar-refractivity contribution in [3.63, 3.8) is 0 Å². The first-order chi connectivity index (χ1) is 16.5. The summed E-state index contributed by atoms with van der Waals surface area (Å²) in [6.45, 7) is 1.04. The molecule has 0 radical (unpaired) electrons. The molecule has 34 heavy (non-hydrogen) atoms. The Morgan fingerprint density at radius 2 is 1.94 bits per heavy atom. The largest absolute Gasteiger partial charge is 0.389 e. The van der Waals surface area contributed by atoms with Gasteiger partial charge in [0.1, 0.15) is 5.82 Å². The third-order valence-corrected chi connectivity index (χ3v) is 6.13. The number of carbonyl (C=O) groups excluding carboxylic acids is 1. The van der Waals surface area contributed by atoms with Crippen molar-refractivity contribution in [2.75, 3.05) is 13.2 Å². The number of ether oxygens (including phenoxy) is 1. The number of nitrogens with zero attached hydrogens (tertiary/aromatic N) is 1. The van der Waals surface area contributed by atoms with Crippen LogP contribution in [0.15, 0.2) is 71.7 Å². The van der Waals surface area contributed by atoms with Gasteiger partial charge in [0.05, 0.1) is 29.8 Å². The van der Waals surface area contributed by atoms with Crippen LogP contribution in [0.5, 0.6) is 0 Å². The summed E-state index contributed by atoms with van der Waals surface area (Å²) in [5, 5.41) is 13.2. The molecule has 0 spiro atoms. The number of aromatic nitrogens is 2. The number of amides is 1. The number of aliphatic hydroxyl groups excluding tert-OH is 1. The fourth-order valence-corrected chi connectivity index (χ4v) is 4.35. The molecule has 3 heterocycles. The van der Waals surface area contributed by atoms with Gasteiger partial charge < -0.3 is 24.7 Å². The van der Waals surface area contributed by atoms with E-state index in [9.17, 15) is 19.1 Å². The zero-order chi connectivity index (χ0) is 23.7. The summed E-state index contributed by atoms with van der Waals surface area (Å²) in [4.78, 5) is 27.4. The van der Waals surface area contributed by atoms with Gasteiger partial charge in [-0.3, -0.25) is 9.59 Å². The van der Waals surface area contributed by atoms with E-state index in [1.807, 2.05) is 34.9 Å². The van der Waals surface area contributed by atoms with E-state index in [-0.39, 0.29) is 23.1 Å². The van der Waals surface area contributed by atoms with Crippen molar-refractivity contribution in [2.45, 2.75) is 25.1 Å². The maximum absolute atomic E-state index is 14.8. The molecule has 2 aromatic heterocycles. The van der Waals surface area contributed by atoms with Crippen LogP contribution in [0, 0.1) is 5.82 Å². The van der Waals surface area contributed by atoms with Crippen molar-refractivity contribution in [3.8, 4) is 11.3 Å². The van der Waals surface area contributed by atoms with Gasteiger partial charge in [-0.15, -0.1) is 0 Å². The van der Waals surface area contributed by atoms with Crippen LogP contribution in [0.1, 0.15) is 22.3 Å². The number of aromatic amines is 1. The first kappa shape index (κ1) is 22.1. The first-order valence-corrected chi connectivity index (χ1v) is 11.1. The van der Waals surface area contributed by atoms with Gasteiger partial charge in [0.25, 0.3) is 5.91 Å². The standard InChI is InChI=1S/C26H24FN3O4/c27-19-3-1-5-22-25(19)18(26(33)29-21-11-12-34-15-23(21)31)14-30(22)13-16-7-9-17(10-8-16)20-4-2-6-24(32)28-20/h1-10,14,21,23,31H,11-13,15H2,(H,28,32)(H,29,33)/t21-,23-/m0/s1. The number of rotatable bonds is 5. The highest BCUT2D eigenvalue weighted by molar-refractivity contribution is 6.07. The highest BCUT2D eigenvalue weighted by Gasteiger charge is 2.27. The molecule has 1 saturated heterocycles. The highest BCUT2D eigenvalue weighted by Crippen LogP contribution is 2.26. The van der Waals surface area contributed by atoms with Crippen molar-refractivity contribution in [2.24, 2.45) is 0 Å². The number of benzene rings is 2. The number of carbonyl (C=O) groups is 1. The van der Waals surface area contributed by atoms with Crippen LogP contribution < -0.4 is 10.9 Å². The average molecular weight is 461 g/mol. The van der Waals surface area contributed by atoms with Crippen LogP contribution in [-0.4, -0.2) is 45.9 Å². The molecule has 5 rings (SSSR count). The lowest BCUT2D eigenvalue weighted by Crippen LogP contribution is -2.48. The van der Waals surface area contributed by atoms with Crippen LogP contribution in [0.4, 0.5) is 4.39 Å². The smallest absolute Gasteiger partial charge is 0.253 e. The van der Waals surface area contributed by atoms with Gasteiger partial charge in [-0.25, -0.2) is 4.39 Å². The fraction of sp³-hybridized carbons (Fsp3) is 0.231. The molecule has 1 fully saturated rings. The molecule has 8 heteroatoms. The average Bonchev–Trinajstić information content (AvgIpc) is 3.21. The van der Waals surface area contributed by atoms with Gasteiger partial charge in [-0.05, 0) is 35.7 Å². The molecule has 3 N–H and O–H groups in total. The predicted octanol–water partition coefficient (Wildman–Crippen LogP) is 3.06. The van der Waals surface area contributed by atoms with Crippen LogP contribution >= 0.6 is 0 Å².